The molecule has 4 rings (SSSR count). The molecule has 0 unspecified atom stereocenters. The van der Waals surface area contributed by atoms with E-state index in [0.717, 1.165) is 5.39 Å². The van der Waals surface area contributed by atoms with Crippen molar-refractivity contribution < 1.29 is 22.7 Å². The van der Waals surface area contributed by atoms with E-state index >= 15 is 0 Å². The maximum atomic E-state index is 13.0. The highest BCUT2D eigenvalue weighted by atomic mass is 35.5. The van der Waals surface area contributed by atoms with E-state index in [1.807, 2.05) is 18.2 Å². The molecule has 0 atom stereocenters. The topological polar surface area (TPSA) is 92.8 Å². The lowest BCUT2D eigenvalue weighted by molar-refractivity contribution is -0.116. The molecule has 1 aliphatic heterocycles. The third-order valence-electron chi connectivity index (χ3n) is 5.10. The summed E-state index contributed by atoms with van der Waals surface area (Å²) in [5.74, 6) is -0.903. The summed E-state index contributed by atoms with van der Waals surface area (Å²) in [6.45, 7) is 0.178. The van der Waals surface area contributed by atoms with Gasteiger partial charge in [0.1, 0.15) is 0 Å². The van der Waals surface area contributed by atoms with Gasteiger partial charge in [0.2, 0.25) is 5.91 Å². The summed E-state index contributed by atoms with van der Waals surface area (Å²) in [5, 5.41) is 4.50. The van der Waals surface area contributed by atoms with E-state index in [0.29, 0.717) is 28.1 Å². The summed E-state index contributed by atoms with van der Waals surface area (Å²) >= 11 is 5.99. The number of halogens is 1. The standard InChI is InChI=1S/C22H19ClN2O5S/c1-30-22(27)16-13-15(10-11-17(16)23)24-20(26)9-4-12-25-18-7-2-5-14-6-3-8-19(21(14)18)31(25,28)29/h2-3,5-8,10-11,13H,4,9,12H2,1H3,(H,24,26). The van der Waals surface area contributed by atoms with Crippen molar-refractivity contribution in [2.75, 3.05) is 23.3 Å². The van der Waals surface area contributed by atoms with Crippen molar-refractivity contribution in [3.05, 3.63) is 65.2 Å². The van der Waals surface area contributed by atoms with Crippen LogP contribution in [0.2, 0.25) is 5.02 Å². The molecule has 1 amide bonds. The second-order valence-electron chi connectivity index (χ2n) is 7.05. The molecule has 0 saturated heterocycles. The third kappa shape index (κ3) is 3.84. The molecule has 31 heavy (non-hydrogen) atoms. The van der Waals surface area contributed by atoms with Gasteiger partial charge in [0.15, 0.2) is 0 Å². The van der Waals surface area contributed by atoms with Gasteiger partial charge in [0.05, 0.1) is 28.3 Å². The molecule has 1 aliphatic rings. The predicted molar refractivity (Wildman–Crippen MR) is 119 cm³/mol. The highest BCUT2D eigenvalue weighted by Crippen LogP contribution is 2.41. The Labute approximate surface area is 184 Å². The van der Waals surface area contributed by atoms with Crippen molar-refractivity contribution in [2.24, 2.45) is 0 Å². The first-order valence-corrected chi connectivity index (χ1v) is 11.4. The molecule has 0 spiro atoms. The average molecular weight is 459 g/mol. The molecule has 0 saturated carbocycles. The molecule has 160 valence electrons. The number of methoxy groups -OCH3 is 1. The van der Waals surface area contributed by atoms with Gasteiger partial charge in [-0.25, -0.2) is 13.2 Å². The summed E-state index contributed by atoms with van der Waals surface area (Å²) in [5.41, 5.74) is 1.19. The number of nitrogens with zero attached hydrogens (tertiary/aromatic N) is 1. The Bertz CT molecular complexity index is 1300. The minimum Gasteiger partial charge on any atom is -0.465 e. The number of sulfonamides is 1. The first-order chi connectivity index (χ1) is 14.8. The second-order valence-corrected chi connectivity index (χ2v) is 9.28. The normalized spacial score (nSPS) is 13.9. The molecule has 0 aromatic heterocycles. The van der Waals surface area contributed by atoms with Gasteiger partial charge in [-0.1, -0.05) is 35.9 Å². The van der Waals surface area contributed by atoms with Crippen molar-refractivity contribution >= 4 is 55.6 Å². The molecule has 3 aromatic rings. The van der Waals surface area contributed by atoms with Crippen LogP contribution in [0.1, 0.15) is 23.2 Å². The molecular formula is C22H19ClN2O5S. The largest absolute Gasteiger partial charge is 0.465 e. The Morgan fingerprint density at radius 1 is 1.10 bits per heavy atom. The van der Waals surface area contributed by atoms with Gasteiger partial charge in [0.25, 0.3) is 10.0 Å². The lowest BCUT2D eigenvalue weighted by Crippen LogP contribution is -2.29. The third-order valence-corrected chi connectivity index (χ3v) is 7.29. The number of benzene rings is 3. The molecule has 9 heteroatoms. The molecule has 7 nitrogen and oxygen atoms in total. The van der Waals surface area contributed by atoms with Crippen molar-refractivity contribution in [2.45, 2.75) is 17.7 Å². The summed E-state index contributed by atoms with van der Waals surface area (Å²) < 4.78 is 32.0. The van der Waals surface area contributed by atoms with Gasteiger partial charge in [-0.3, -0.25) is 9.10 Å². The number of amides is 1. The fraction of sp³-hybridized carbons (Fsp3) is 0.182. The van der Waals surface area contributed by atoms with Gasteiger partial charge in [-0.05, 0) is 42.1 Å². The second kappa shape index (κ2) is 8.20. The minimum absolute atomic E-state index is 0.106. The van der Waals surface area contributed by atoms with E-state index in [2.05, 4.69) is 10.1 Å². The molecule has 0 fully saturated rings. The quantitative estimate of drug-likeness (QED) is 0.558. The first-order valence-electron chi connectivity index (χ1n) is 9.55. The molecule has 0 radical (unpaired) electrons. The highest BCUT2D eigenvalue weighted by molar-refractivity contribution is 7.93. The van der Waals surface area contributed by atoms with Crippen LogP contribution in [0, 0.1) is 0 Å². The van der Waals surface area contributed by atoms with Crippen molar-refractivity contribution in [3.63, 3.8) is 0 Å². The highest BCUT2D eigenvalue weighted by Gasteiger charge is 2.35. The van der Waals surface area contributed by atoms with Crippen molar-refractivity contribution in [1.29, 1.82) is 0 Å². The van der Waals surface area contributed by atoms with Gasteiger partial charge >= 0.3 is 5.97 Å². The zero-order valence-corrected chi connectivity index (χ0v) is 18.2. The zero-order valence-electron chi connectivity index (χ0n) is 16.6. The summed E-state index contributed by atoms with van der Waals surface area (Å²) in [6.07, 6.45) is 0.432. The number of esters is 1. The lowest BCUT2D eigenvalue weighted by Gasteiger charge is -2.18. The van der Waals surface area contributed by atoms with Gasteiger partial charge in [-0.15, -0.1) is 0 Å². The molecule has 0 aliphatic carbocycles. The van der Waals surface area contributed by atoms with Crippen LogP contribution in [-0.4, -0.2) is 33.9 Å². The first kappa shape index (κ1) is 21.1. The number of rotatable bonds is 6. The van der Waals surface area contributed by atoms with Gasteiger partial charge in [0, 0.05) is 24.0 Å². The van der Waals surface area contributed by atoms with Crippen LogP contribution < -0.4 is 9.62 Å². The lowest BCUT2D eigenvalue weighted by atomic mass is 10.1. The average Bonchev–Trinajstić information content (AvgIpc) is 2.98. The number of hydrogen-bond donors (Lipinski definition) is 1. The van der Waals surface area contributed by atoms with E-state index < -0.39 is 16.0 Å². The van der Waals surface area contributed by atoms with Crippen molar-refractivity contribution in [1.82, 2.24) is 0 Å². The fourth-order valence-electron chi connectivity index (χ4n) is 3.68. The number of nitrogens with one attached hydrogen (secondary N) is 1. The van der Waals surface area contributed by atoms with Crippen LogP contribution in [0.3, 0.4) is 0 Å². The Balaban J connectivity index is 1.43. The summed E-state index contributed by atoms with van der Waals surface area (Å²) in [7, 11) is -2.40. The Morgan fingerprint density at radius 2 is 1.84 bits per heavy atom. The van der Waals surface area contributed by atoms with E-state index in [4.69, 9.17) is 11.6 Å². The predicted octanol–water partition coefficient (Wildman–Crippen LogP) is 4.21. The van der Waals surface area contributed by atoms with Gasteiger partial charge in [-0.2, -0.15) is 0 Å². The van der Waals surface area contributed by atoms with Crippen molar-refractivity contribution in [3.8, 4) is 0 Å². The van der Waals surface area contributed by atoms with E-state index in [1.54, 1.807) is 24.3 Å². The molecule has 1 N–H and O–H groups in total. The summed E-state index contributed by atoms with van der Waals surface area (Å²) in [6, 6.07) is 15.2. The smallest absolute Gasteiger partial charge is 0.339 e. The maximum Gasteiger partial charge on any atom is 0.339 e. The number of hydrogen-bond acceptors (Lipinski definition) is 5. The Kier molecular flexibility index (Phi) is 5.60. The van der Waals surface area contributed by atoms with Crippen LogP contribution >= 0.6 is 11.6 Å². The Hall–Kier alpha value is -3.10. The monoisotopic (exact) mass is 458 g/mol. The number of carbonyl (C=O) groups is 2. The van der Waals surface area contributed by atoms with E-state index in [9.17, 15) is 18.0 Å². The van der Waals surface area contributed by atoms with E-state index in [-0.39, 0.29) is 29.5 Å². The number of anilines is 2. The SMILES string of the molecule is COC(=O)c1cc(NC(=O)CCCN2c3cccc4cccc(c34)S2(=O)=O)ccc1Cl. The molecular weight excluding hydrogens is 440 g/mol. The van der Waals surface area contributed by atoms with Gasteiger partial charge < -0.3 is 10.1 Å². The minimum atomic E-state index is -3.64. The zero-order chi connectivity index (χ0) is 22.2. The molecule has 0 bridgehead atoms. The fourth-order valence-corrected chi connectivity index (χ4v) is 5.62. The molecule has 3 aromatic carbocycles. The molecule has 1 heterocycles. The Morgan fingerprint density at radius 3 is 2.58 bits per heavy atom. The number of carbonyl (C=O) groups excluding carboxylic acids is 2. The maximum absolute atomic E-state index is 13.0. The van der Waals surface area contributed by atoms with Crippen LogP contribution in [-0.2, 0) is 19.6 Å². The summed E-state index contributed by atoms with van der Waals surface area (Å²) in [4.78, 5) is 24.4. The van der Waals surface area contributed by atoms with Crippen LogP contribution in [0.25, 0.3) is 10.8 Å². The van der Waals surface area contributed by atoms with Crippen LogP contribution in [0.5, 0.6) is 0 Å². The van der Waals surface area contributed by atoms with Crippen LogP contribution in [0.4, 0.5) is 11.4 Å². The van der Waals surface area contributed by atoms with E-state index in [1.165, 1.54) is 23.5 Å². The van der Waals surface area contributed by atoms with Crippen LogP contribution in [0.15, 0.2) is 59.5 Å². The number of ether oxygens (including phenoxy) is 1.